The molecular formula is C20H23F3N4O2. The zero-order valence-electron chi connectivity index (χ0n) is 16.2. The number of nitrogens with zero attached hydrogens (tertiary/aromatic N) is 3. The van der Waals surface area contributed by atoms with Crippen LogP contribution in [0.4, 0.5) is 19.0 Å². The molecule has 1 N–H and O–H groups in total. The first-order valence-corrected chi connectivity index (χ1v) is 9.47. The molecule has 0 saturated carbocycles. The van der Waals surface area contributed by atoms with Crippen LogP contribution in [0.2, 0.25) is 0 Å². The highest BCUT2D eigenvalue weighted by molar-refractivity contribution is 5.83. The summed E-state index contributed by atoms with van der Waals surface area (Å²) in [4.78, 5) is 20.6. The van der Waals surface area contributed by atoms with Gasteiger partial charge in [0, 0.05) is 25.7 Å². The number of aromatic nitrogens is 2. The predicted octanol–water partition coefficient (Wildman–Crippen LogP) is 3.39. The van der Waals surface area contributed by atoms with Crippen molar-refractivity contribution in [3.63, 3.8) is 0 Å². The van der Waals surface area contributed by atoms with Crippen molar-refractivity contribution in [2.75, 3.05) is 24.5 Å². The number of carbonyl (C=O) groups is 1. The molecule has 156 valence electrons. The standard InChI is InChI=1S/C20H23F3N4O2/c1-3-24-18(28)13(2)14-4-6-15(7-5-14)29-16-9-11-27(12-16)17-8-10-25-19(26-17)20(21,22)23/h4-8,10,13,16H,3,9,11-12H2,1-2H3,(H,24,28). The van der Waals surface area contributed by atoms with Crippen LogP contribution in [0.15, 0.2) is 36.5 Å². The second-order valence-corrected chi connectivity index (χ2v) is 6.90. The van der Waals surface area contributed by atoms with E-state index in [1.165, 1.54) is 6.07 Å². The Hall–Kier alpha value is -2.84. The summed E-state index contributed by atoms with van der Waals surface area (Å²) in [6.07, 6.45) is -2.94. The Morgan fingerprint density at radius 1 is 1.31 bits per heavy atom. The first kappa shape index (κ1) is 20.9. The van der Waals surface area contributed by atoms with Crippen molar-refractivity contribution in [2.24, 2.45) is 0 Å². The number of hydrogen-bond donors (Lipinski definition) is 1. The molecule has 0 aliphatic carbocycles. The van der Waals surface area contributed by atoms with Crippen molar-refractivity contribution in [1.82, 2.24) is 15.3 Å². The summed E-state index contributed by atoms with van der Waals surface area (Å²) < 4.78 is 44.4. The molecule has 0 radical (unpaired) electrons. The lowest BCUT2D eigenvalue weighted by Gasteiger charge is -2.19. The number of likely N-dealkylation sites (N-methyl/N-ethyl adjacent to an activating group) is 1. The number of rotatable bonds is 6. The van der Waals surface area contributed by atoms with Gasteiger partial charge in [-0.2, -0.15) is 13.2 Å². The molecule has 2 heterocycles. The molecule has 0 bridgehead atoms. The van der Waals surface area contributed by atoms with Gasteiger partial charge in [0.2, 0.25) is 11.7 Å². The number of halogens is 3. The predicted molar refractivity (Wildman–Crippen MR) is 102 cm³/mol. The molecule has 2 aromatic rings. The molecule has 1 fully saturated rings. The summed E-state index contributed by atoms with van der Waals surface area (Å²) in [5, 5.41) is 2.79. The van der Waals surface area contributed by atoms with Gasteiger partial charge in [0.1, 0.15) is 17.7 Å². The molecule has 2 atom stereocenters. The van der Waals surface area contributed by atoms with E-state index in [9.17, 15) is 18.0 Å². The van der Waals surface area contributed by atoms with Crippen LogP contribution in [-0.2, 0) is 11.0 Å². The maximum absolute atomic E-state index is 12.8. The second-order valence-electron chi connectivity index (χ2n) is 6.90. The van der Waals surface area contributed by atoms with Crippen molar-refractivity contribution >= 4 is 11.7 Å². The third kappa shape index (κ3) is 5.16. The van der Waals surface area contributed by atoms with E-state index in [-0.39, 0.29) is 23.7 Å². The minimum atomic E-state index is -4.57. The van der Waals surface area contributed by atoms with E-state index >= 15 is 0 Å². The highest BCUT2D eigenvalue weighted by Gasteiger charge is 2.35. The largest absolute Gasteiger partial charge is 0.489 e. The Labute approximate surface area is 167 Å². The van der Waals surface area contributed by atoms with E-state index in [1.807, 2.05) is 26.0 Å². The number of alkyl halides is 3. The Bertz CT molecular complexity index is 842. The SMILES string of the molecule is CCNC(=O)C(C)c1ccc(OC2CCN(c3ccnc(C(F)(F)F)n3)C2)cc1. The molecule has 29 heavy (non-hydrogen) atoms. The van der Waals surface area contributed by atoms with E-state index in [2.05, 4.69) is 15.3 Å². The van der Waals surface area contributed by atoms with Crippen LogP contribution in [0.5, 0.6) is 5.75 Å². The normalized spacial score (nSPS) is 17.8. The molecular weight excluding hydrogens is 385 g/mol. The van der Waals surface area contributed by atoms with Gasteiger partial charge in [-0.25, -0.2) is 9.97 Å². The van der Waals surface area contributed by atoms with Crippen LogP contribution < -0.4 is 15.0 Å². The maximum Gasteiger partial charge on any atom is 0.451 e. The van der Waals surface area contributed by atoms with Crippen LogP contribution in [0.25, 0.3) is 0 Å². The third-order valence-corrected chi connectivity index (χ3v) is 4.79. The quantitative estimate of drug-likeness (QED) is 0.794. The van der Waals surface area contributed by atoms with E-state index in [4.69, 9.17) is 4.74 Å². The molecule has 1 aliphatic rings. The second kappa shape index (κ2) is 8.67. The van der Waals surface area contributed by atoms with Gasteiger partial charge in [0.15, 0.2) is 0 Å². The fourth-order valence-electron chi connectivity index (χ4n) is 3.20. The van der Waals surface area contributed by atoms with E-state index in [0.29, 0.717) is 31.8 Å². The monoisotopic (exact) mass is 408 g/mol. The summed E-state index contributed by atoms with van der Waals surface area (Å²) in [5.41, 5.74) is 0.886. The number of amides is 1. The van der Waals surface area contributed by atoms with Crippen LogP contribution in [0.3, 0.4) is 0 Å². The summed E-state index contributed by atoms with van der Waals surface area (Å²) >= 11 is 0. The van der Waals surface area contributed by atoms with Gasteiger partial charge in [0.05, 0.1) is 12.5 Å². The highest BCUT2D eigenvalue weighted by Crippen LogP contribution is 2.29. The first-order valence-electron chi connectivity index (χ1n) is 9.47. The average Bonchev–Trinajstić information content (AvgIpc) is 3.16. The van der Waals surface area contributed by atoms with Gasteiger partial charge in [-0.3, -0.25) is 4.79 Å². The van der Waals surface area contributed by atoms with Crippen molar-refractivity contribution < 1.29 is 22.7 Å². The lowest BCUT2D eigenvalue weighted by atomic mass is 10.0. The Morgan fingerprint density at radius 3 is 2.69 bits per heavy atom. The molecule has 0 spiro atoms. The van der Waals surface area contributed by atoms with Gasteiger partial charge in [-0.05, 0) is 37.6 Å². The van der Waals surface area contributed by atoms with Gasteiger partial charge in [-0.1, -0.05) is 12.1 Å². The van der Waals surface area contributed by atoms with E-state index in [1.54, 1.807) is 17.0 Å². The van der Waals surface area contributed by atoms with Crippen LogP contribution in [-0.4, -0.2) is 41.6 Å². The Kier molecular flexibility index (Phi) is 6.24. The Morgan fingerprint density at radius 2 is 2.03 bits per heavy atom. The van der Waals surface area contributed by atoms with Gasteiger partial charge < -0.3 is 15.0 Å². The number of nitrogens with one attached hydrogen (secondary N) is 1. The van der Waals surface area contributed by atoms with Crippen LogP contribution in [0, 0.1) is 0 Å². The number of anilines is 1. The molecule has 1 amide bonds. The van der Waals surface area contributed by atoms with Gasteiger partial charge in [-0.15, -0.1) is 0 Å². The first-order chi connectivity index (χ1) is 13.8. The van der Waals surface area contributed by atoms with Crippen molar-refractivity contribution in [3.05, 3.63) is 47.9 Å². The fourth-order valence-corrected chi connectivity index (χ4v) is 3.20. The zero-order valence-corrected chi connectivity index (χ0v) is 16.2. The zero-order chi connectivity index (χ0) is 21.0. The van der Waals surface area contributed by atoms with Crippen LogP contribution in [0.1, 0.15) is 37.6 Å². The Balaban J connectivity index is 1.60. The molecule has 2 unspecified atom stereocenters. The third-order valence-electron chi connectivity index (χ3n) is 4.79. The number of ether oxygens (including phenoxy) is 1. The molecule has 3 rings (SSSR count). The van der Waals surface area contributed by atoms with Crippen molar-refractivity contribution in [1.29, 1.82) is 0 Å². The van der Waals surface area contributed by atoms with Crippen molar-refractivity contribution in [3.8, 4) is 5.75 Å². The topological polar surface area (TPSA) is 67.3 Å². The van der Waals surface area contributed by atoms with E-state index < -0.39 is 12.0 Å². The molecule has 1 aromatic carbocycles. The maximum atomic E-state index is 12.8. The molecule has 1 aromatic heterocycles. The minimum Gasteiger partial charge on any atom is -0.489 e. The summed E-state index contributed by atoms with van der Waals surface area (Å²) in [6, 6.07) is 8.78. The summed E-state index contributed by atoms with van der Waals surface area (Å²) in [6.45, 7) is 5.28. The van der Waals surface area contributed by atoms with E-state index in [0.717, 1.165) is 11.8 Å². The minimum absolute atomic E-state index is 0.0318. The lowest BCUT2D eigenvalue weighted by molar-refractivity contribution is -0.144. The average molecular weight is 408 g/mol. The molecule has 1 aliphatic heterocycles. The summed E-state index contributed by atoms with van der Waals surface area (Å²) in [5.74, 6) is -0.537. The van der Waals surface area contributed by atoms with Gasteiger partial charge in [0.25, 0.3) is 0 Å². The van der Waals surface area contributed by atoms with Crippen LogP contribution >= 0.6 is 0 Å². The number of benzene rings is 1. The molecule has 9 heteroatoms. The fraction of sp³-hybridized carbons (Fsp3) is 0.450. The number of hydrogen-bond acceptors (Lipinski definition) is 5. The lowest BCUT2D eigenvalue weighted by Crippen LogP contribution is -2.27. The summed E-state index contributed by atoms with van der Waals surface area (Å²) in [7, 11) is 0. The van der Waals surface area contributed by atoms with Crippen molar-refractivity contribution in [2.45, 2.75) is 38.5 Å². The molecule has 6 nitrogen and oxygen atoms in total. The van der Waals surface area contributed by atoms with Gasteiger partial charge >= 0.3 is 6.18 Å². The highest BCUT2D eigenvalue weighted by atomic mass is 19.4. The number of carbonyl (C=O) groups excluding carboxylic acids is 1. The molecule has 1 saturated heterocycles. The smallest absolute Gasteiger partial charge is 0.451 e.